The predicted molar refractivity (Wildman–Crippen MR) is 84.0 cm³/mol. The zero-order valence-corrected chi connectivity index (χ0v) is 13.3. The van der Waals surface area contributed by atoms with E-state index >= 15 is 0 Å². The van der Waals surface area contributed by atoms with Crippen LogP contribution in [0.4, 0.5) is 19.0 Å². The van der Waals surface area contributed by atoms with Gasteiger partial charge in [-0.2, -0.15) is 18.3 Å². The fourth-order valence-corrected chi connectivity index (χ4v) is 2.53. The molecule has 0 fully saturated rings. The van der Waals surface area contributed by atoms with Crippen LogP contribution < -0.4 is 11.1 Å². The first-order chi connectivity index (χ1) is 10.1. The monoisotopic (exact) mass is 368 g/mol. The summed E-state index contributed by atoms with van der Waals surface area (Å²) in [6.45, 7) is 0. The Bertz CT molecular complexity index is 719. The number of nitrogens with two attached hydrogens (primary N) is 1. The summed E-state index contributed by atoms with van der Waals surface area (Å²) < 4.78 is 39.5. The van der Waals surface area contributed by atoms with Gasteiger partial charge in [-0.3, -0.25) is 0 Å². The molecule has 1 aromatic heterocycles. The van der Waals surface area contributed by atoms with Crippen LogP contribution in [0.3, 0.4) is 0 Å². The minimum Gasteiger partial charge on any atom is -0.388 e. The van der Waals surface area contributed by atoms with Gasteiger partial charge >= 0.3 is 6.18 Å². The van der Waals surface area contributed by atoms with E-state index in [0.29, 0.717) is 5.82 Å². The molecule has 0 bridgehead atoms. The van der Waals surface area contributed by atoms with E-state index in [4.69, 9.17) is 41.2 Å². The van der Waals surface area contributed by atoms with Crippen molar-refractivity contribution in [2.45, 2.75) is 6.18 Å². The lowest BCUT2D eigenvalue weighted by molar-refractivity contribution is -0.137. The highest BCUT2D eigenvalue weighted by Crippen LogP contribution is 2.38. The third-order valence-corrected chi connectivity index (χ3v) is 3.56. The van der Waals surface area contributed by atoms with Gasteiger partial charge in [-0.25, -0.2) is 4.68 Å². The average Bonchev–Trinajstić information content (AvgIpc) is 2.81. The van der Waals surface area contributed by atoms with Crippen LogP contribution in [-0.2, 0) is 6.18 Å². The SMILES string of the molecule is CNc1cc(C(N)=S)nn1-c1c(Cl)cc(C(F)(F)F)cc1Cl. The second-order valence-electron chi connectivity index (χ2n) is 4.23. The first kappa shape index (κ1) is 16.9. The van der Waals surface area contributed by atoms with Crippen molar-refractivity contribution >= 4 is 46.2 Å². The van der Waals surface area contributed by atoms with Crippen LogP contribution in [0.1, 0.15) is 11.3 Å². The molecular formula is C12H9Cl2F3N4S. The van der Waals surface area contributed by atoms with Crippen LogP contribution in [-0.4, -0.2) is 21.8 Å². The van der Waals surface area contributed by atoms with Crippen LogP contribution in [0.25, 0.3) is 5.69 Å². The first-order valence-electron chi connectivity index (χ1n) is 5.79. The van der Waals surface area contributed by atoms with Gasteiger partial charge < -0.3 is 11.1 Å². The Morgan fingerprint density at radius 3 is 2.23 bits per heavy atom. The molecule has 10 heteroatoms. The summed E-state index contributed by atoms with van der Waals surface area (Å²) >= 11 is 16.7. The lowest BCUT2D eigenvalue weighted by Gasteiger charge is -2.14. The number of thiocarbonyl (C=S) groups is 1. The second-order valence-corrected chi connectivity index (χ2v) is 5.48. The number of nitrogens with one attached hydrogen (secondary N) is 1. The molecule has 0 aliphatic rings. The van der Waals surface area contributed by atoms with Crippen molar-refractivity contribution < 1.29 is 13.2 Å². The molecule has 0 amide bonds. The topological polar surface area (TPSA) is 55.9 Å². The standard InChI is InChI=1S/C12H9Cl2F3N4S/c1-19-9-4-8(11(18)22)20-21(9)10-6(13)2-5(3-7(10)14)12(15,16)17/h2-4,19H,1H3,(H2,18,22). The van der Waals surface area contributed by atoms with Crippen LogP contribution in [0, 0.1) is 0 Å². The number of alkyl halides is 3. The maximum absolute atomic E-state index is 12.8. The zero-order chi connectivity index (χ0) is 16.7. The number of anilines is 1. The summed E-state index contributed by atoms with van der Waals surface area (Å²) in [7, 11) is 1.60. The van der Waals surface area contributed by atoms with Crippen LogP contribution in [0.15, 0.2) is 18.2 Å². The lowest BCUT2D eigenvalue weighted by atomic mass is 10.2. The molecular weight excluding hydrogens is 360 g/mol. The molecule has 0 atom stereocenters. The van der Waals surface area contributed by atoms with Crippen molar-refractivity contribution in [1.82, 2.24) is 9.78 Å². The molecule has 0 aliphatic heterocycles. The molecule has 0 unspecified atom stereocenters. The molecule has 2 aromatic rings. The number of aromatic nitrogens is 2. The van der Waals surface area contributed by atoms with E-state index in [0.717, 1.165) is 12.1 Å². The molecule has 118 valence electrons. The largest absolute Gasteiger partial charge is 0.416 e. The fourth-order valence-electron chi connectivity index (χ4n) is 1.78. The molecule has 2 rings (SSSR count). The summed E-state index contributed by atoms with van der Waals surface area (Å²) in [6.07, 6.45) is -4.55. The van der Waals surface area contributed by atoms with Crippen molar-refractivity contribution in [3.8, 4) is 5.69 Å². The van der Waals surface area contributed by atoms with Crippen LogP contribution >= 0.6 is 35.4 Å². The molecule has 22 heavy (non-hydrogen) atoms. The number of halogens is 5. The second kappa shape index (κ2) is 5.94. The van der Waals surface area contributed by atoms with Gasteiger partial charge in [0.25, 0.3) is 0 Å². The number of hydrogen-bond acceptors (Lipinski definition) is 3. The van der Waals surface area contributed by atoms with Gasteiger partial charge in [-0.05, 0) is 12.1 Å². The lowest BCUT2D eigenvalue weighted by Crippen LogP contribution is -2.11. The minimum absolute atomic E-state index is 0.0365. The van der Waals surface area contributed by atoms with E-state index in [9.17, 15) is 13.2 Å². The van der Waals surface area contributed by atoms with Gasteiger partial charge in [-0.15, -0.1) is 0 Å². The zero-order valence-electron chi connectivity index (χ0n) is 11.0. The third-order valence-electron chi connectivity index (χ3n) is 2.77. The molecule has 0 spiro atoms. The summed E-state index contributed by atoms with van der Waals surface area (Å²) in [5, 5.41) is 6.52. The maximum atomic E-state index is 12.8. The van der Waals surface area contributed by atoms with Gasteiger partial charge in [-0.1, -0.05) is 35.4 Å². The van der Waals surface area contributed by atoms with Gasteiger partial charge in [0.1, 0.15) is 22.2 Å². The number of nitrogens with zero attached hydrogens (tertiary/aromatic N) is 2. The Labute approximate surface area is 139 Å². The highest BCUT2D eigenvalue weighted by atomic mass is 35.5. The number of benzene rings is 1. The quantitative estimate of drug-likeness (QED) is 0.807. The number of rotatable bonds is 3. The molecule has 3 N–H and O–H groups in total. The summed E-state index contributed by atoms with van der Waals surface area (Å²) in [4.78, 5) is 0.0365. The van der Waals surface area contributed by atoms with E-state index in [1.807, 2.05) is 0 Å². The van der Waals surface area contributed by atoms with E-state index in [1.54, 1.807) is 7.05 Å². The minimum atomic E-state index is -4.55. The molecule has 0 radical (unpaired) electrons. The average molecular weight is 369 g/mol. The summed E-state index contributed by atoms with van der Waals surface area (Å²) in [6, 6.07) is 3.10. The predicted octanol–water partition coefficient (Wildman–Crippen LogP) is 3.87. The van der Waals surface area contributed by atoms with E-state index < -0.39 is 11.7 Å². The van der Waals surface area contributed by atoms with Crippen LogP contribution in [0.5, 0.6) is 0 Å². The van der Waals surface area contributed by atoms with Crippen molar-refractivity contribution in [2.75, 3.05) is 12.4 Å². The first-order valence-corrected chi connectivity index (χ1v) is 6.95. The van der Waals surface area contributed by atoms with E-state index in [2.05, 4.69) is 10.4 Å². The van der Waals surface area contributed by atoms with Gasteiger partial charge in [0.15, 0.2) is 0 Å². The van der Waals surface area contributed by atoms with Gasteiger partial charge in [0, 0.05) is 13.1 Å². The Balaban J connectivity index is 2.66. The molecule has 1 aromatic carbocycles. The molecule has 4 nitrogen and oxygen atoms in total. The maximum Gasteiger partial charge on any atom is 0.416 e. The summed E-state index contributed by atoms with van der Waals surface area (Å²) in [5.74, 6) is 0.423. The Morgan fingerprint density at radius 1 is 1.27 bits per heavy atom. The number of hydrogen-bond donors (Lipinski definition) is 2. The van der Waals surface area contributed by atoms with Gasteiger partial charge in [0.2, 0.25) is 0 Å². The third kappa shape index (κ3) is 3.13. The summed E-state index contributed by atoms with van der Waals surface area (Å²) in [5.41, 5.74) is 4.94. The highest BCUT2D eigenvalue weighted by Gasteiger charge is 2.32. The van der Waals surface area contributed by atoms with Crippen molar-refractivity contribution in [1.29, 1.82) is 0 Å². The van der Waals surface area contributed by atoms with Crippen LogP contribution in [0.2, 0.25) is 10.0 Å². The molecule has 0 saturated carbocycles. The fraction of sp³-hybridized carbons (Fsp3) is 0.167. The van der Waals surface area contributed by atoms with E-state index in [1.165, 1.54) is 10.7 Å². The Morgan fingerprint density at radius 2 is 1.82 bits per heavy atom. The Kier molecular flexibility index (Phi) is 4.55. The highest BCUT2D eigenvalue weighted by molar-refractivity contribution is 7.80. The van der Waals surface area contributed by atoms with Gasteiger partial charge in [0.05, 0.1) is 15.6 Å². The van der Waals surface area contributed by atoms with E-state index in [-0.39, 0.29) is 26.4 Å². The van der Waals surface area contributed by atoms with Crippen molar-refractivity contribution in [3.05, 3.63) is 39.5 Å². The Hall–Kier alpha value is -1.51. The molecule has 0 aliphatic carbocycles. The molecule has 0 saturated heterocycles. The normalized spacial score (nSPS) is 11.5. The van der Waals surface area contributed by atoms with Crippen molar-refractivity contribution in [2.24, 2.45) is 5.73 Å². The molecule has 1 heterocycles. The smallest absolute Gasteiger partial charge is 0.388 e. The van der Waals surface area contributed by atoms with Crippen molar-refractivity contribution in [3.63, 3.8) is 0 Å².